The van der Waals surface area contributed by atoms with Gasteiger partial charge in [-0.05, 0) is 0 Å². The Morgan fingerprint density at radius 3 is 1.85 bits per heavy atom. The molecule has 0 spiro atoms. The van der Waals surface area contributed by atoms with Crippen molar-refractivity contribution in [3.63, 3.8) is 0 Å². The van der Waals surface area contributed by atoms with E-state index in [4.69, 9.17) is 15.0 Å². The summed E-state index contributed by atoms with van der Waals surface area (Å²) in [5.41, 5.74) is 0. The first-order valence-corrected chi connectivity index (χ1v) is 9.38. The normalized spacial score (nSPS) is 11.6. The van der Waals surface area contributed by atoms with Crippen molar-refractivity contribution in [1.29, 1.82) is 0 Å². The minimum Gasteiger partial charge on any atom is -0.481 e. The second kappa shape index (κ2) is 24.4. The second-order valence-electron chi connectivity index (χ2n) is 6.09. The molecule has 1 aliphatic rings. The molecule has 1 rings (SSSR count). The first-order valence-electron chi connectivity index (χ1n) is 9.38. The van der Waals surface area contributed by atoms with Gasteiger partial charge < -0.3 is 22.0 Å². The van der Waals surface area contributed by atoms with Gasteiger partial charge in [0.2, 0.25) is 0 Å². The maximum atomic E-state index is 10.1. The smallest absolute Gasteiger partial charge is 0.481 e. The molecule has 6 nitrogen and oxygen atoms in total. The summed E-state index contributed by atoms with van der Waals surface area (Å²) < 4.78 is 0. The monoisotopic (exact) mass is 380 g/mol. The Labute approximate surface area is 181 Å². The molecule has 0 fully saturated rings. The average Bonchev–Trinajstić information content (AvgIpc) is 3.02. The van der Waals surface area contributed by atoms with Gasteiger partial charge in [0.15, 0.2) is 0 Å². The Bertz CT molecular complexity index is 338. The van der Waals surface area contributed by atoms with Crippen molar-refractivity contribution in [2.45, 2.75) is 78.1 Å². The minimum atomic E-state index is -0.833. The van der Waals surface area contributed by atoms with E-state index < -0.39 is 11.9 Å². The number of carbonyl (C=O) groups is 2. The number of carboxylic acids is 2. The number of nitrogens with zero attached hydrogens (tertiary/aromatic N) is 2. The molecular weight excluding hydrogens is 343 g/mol. The third-order valence-corrected chi connectivity index (χ3v) is 3.45. The first kappa shape index (κ1) is 30.1. The number of aliphatic carboxylic acids is 2. The predicted octanol–water partition coefficient (Wildman–Crippen LogP) is 1.25. The van der Waals surface area contributed by atoms with Gasteiger partial charge in [-0.15, -0.1) is 0 Å². The number of aliphatic imine (C=N–C) groups is 1. The van der Waals surface area contributed by atoms with Crippen LogP contribution in [0.4, 0.5) is 0 Å². The number of unbranched alkanes of at least 4 members (excludes halogenated alkanes) is 9. The van der Waals surface area contributed by atoms with Gasteiger partial charge in [-0.25, -0.2) is 0 Å². The molecule has 26 heavy (non-hydrogen) atoms. The molecular formula is C19H37N2NaO4. The summed E-state index contributed by atoms with van der Waals surface area (Å²) in [6.45, 7) is 8.74. The van der Waals surface area contributed by atoms with E-state index in [9.17, 15) is 4.79 Å². The van der Waals surface area contributed by atoms with Crippen LogP contribution in [-0.2, 0) is 9.59 Å². The molecule has 0 aromatic rings. The molecule has 0 aromatic carbocycles. The zero-order valence-corrected chi connectivity index (χ0v) is 19.1. The quantitative estimate of drug-likeness (QED) is 0.320. The van der Waals surface area contributed by atoms with Crippen molar-refractivity contribution < 1.29 is 49.4 Å². The maximum Gasteiger partial charge on any atom is 1.00 e. The van der Waals surface area contributed by atoms with Crippen molar-refractivity contribution in [2.75, 3.05) is 19.6 Å². The Morgan fingerprint density at radius 1 is 1.04 bits per heavy atom. The van der Waals surface area contributed by atoms with E-state index in [1.165, 1.54) is 57.8 Å². The molecule has 148 valence electrons. The van der Waals surface area contributed by atoms with Crippen molar-refractivity contribution in [3.8, 4) is 0 Å². The summed E-state index contributed by atoms with van der Waals surface area (Å²) in [7, 11) is 0. The Morgan fingerprint density at radius 2 is 1.50 bits per heavy atom. The van der Waals surface area contributed by atoms with Gasteiger partial charge in [-0.2, -0.15) is 6.42 Å². The van der Waals surface area contributed by atoms with Crippen LogP contribution in [0.5, 0.6) is 0 Å². The van der Waals surface area contributed by atoms with Crippen LogP contribution in [0.2, 0.25) is 0 Å². The van der Waals surface area contributed by atoms with Crippen molar-refractivity contribution >= 4 is 18.3 Å². The molecule has 0 amide bonds. The number of hydrogen-bond acceptors (Lipinski definition) is 4. The molecule has 0 bridgehead atoms. The fourth-order valence-electron chi connectivity index (χ4n) is 2.20. The SMILES string of the molecule is CC(=O)O.O=C(O)CN1C=NCC1.[CH2-]CCCCCCCCCCC.[Na+]. The zero-order valence-electron chi connectivity index (χ0n) is 17.1. The van der Waals surface area contributed by atoms with Crippen LogP contribution in [0.3, 0.4) is 0 Å². The van der Waals surface area contributed by atoms with Crippen LogP contribution >= 0.6 is 0 Å². The molecule has 0 saturated heterocycles. The van der Waals surface area contributed by atoms with Gasteiger partial charge in [0.1, 0.15) is 6.54 Å². The van der Waals surface area contributed by atoms with Crippen LogP contribution in [0.15, 0.2) is 4.99 Å². The third kappa shape index (κ3) is 31.2. The van der Waals surface area contributed by atoms with Gasteiger partial charge in [0.25, 0.3) is 5.97 Å². The Balaban J connectivity index is -0.000000334. The van der Waals surface area contributed by atoms with Gasteiger partial charge in [-0.3, -0.25) is 14.6 Å². The average molecular weight is 381 g/mol. The molecule has 0 atom stereocenters. The Kier molecular flexibility index (Phi) is 28.3. The summed E-state index contributed by atoms with van der Waals surface area (Å²) in [5, 5.41) is 15.7. The van der Waals surface area contributed by atoms with Gasteiger partial charge >= 0.3 is 35.5 Å². The summed E-state index contributed by atoms with van der Waals surface area (Å²) in [5.74, 6) is -1.64. The second-order valence-corrected chi connectivity index (χ2v) is 6.09. The zero-order chi connectivity index (χ0) is 19.3. The standard InChI is InChI=1S/C12H25.C5H8N2O2.C2H4O2.Na/c1-3-5-7-9-11-12-10-8-6-4-2;8-5(9)3-7-2-1-6-4-7;1-2(3)4;/h1,3-12H2,2H3;4H,1-3H2,(H,8,9);1H3,(H,3,4);/q-1;;;+1. The Hall–Kier alpha value is -0.590. The fourth-order valence-corrected chi connectivity index (χ4v) is 2.20. The van der Waals surface area contributed by atoms with Crippen LogP contribution in [0.1, 0.15) is 78.1 Å². The largest absolute Gasteiger partial charge is 1.00 e. The molecule has 0 radical (unpaired) electrons. The van der Waals surface area contributed by atoms with E-state index in [1.807, 2.05) is 0 Å². The molecule has 1 aliphatic heterocycles. The van der Waals surface area contributed by atoms with E-state index in [0.29, 0.717) is 0 Å². The third-order valence-electron chi connectivity index (χ3n) is 3.45. The topological polar surface area (TPSA) is 90.2 Å². The summed E-state index contributed by atoms with van der Waals surface area (Å²) in [6.07, 6.45) is 15.5. The summed E-state index contributed by atoms with van der Waals surface area (Å²) in [4.78, 5) is 24.6. The van der Waals surface area contributed by atoms with Crippen LogP contribution in [-0.4, -0.2) is 53.0 Å². The molecule has 7 heteroatoms. The first-order chi connectivity index (χ1) is 11.9. The molecule has 0 saturated carbocycles. The van der Waals surface area contributed by atoms with Gasteiger partial charge in [0.05, 0.1) is 12.9 Å². The molecule has 2 N–H and O–H groups in total. The molecule has 0 aliphatic carbocycles. The number of carboxylic acid groups (broad SMARTS) is 2. The van der Waals surface area contributed by atoms with Crippen molar-refractivity contribution in [1.82, 2.24) is 4.90 Å². The minimum absolute atomic E-state index is 0. The van der Waals surface area contributed by atoms with E-state index in [2.05, 4.69) is 18.8 Å². The van der Waals surface area contributed by atoms with E-state index in [1.54, 1.807) is 11.2 Å². The molecule has 0 aromatic heterocycles. The number of hydrogen-bond donors (Lipinski definition) is 2. The van der Waals surface area contributed by atoms with Crippen LogP contribution in [0, 0.1) is 6.92 Å². The van der Waals surface area contributed by atoms with Crippen LogP contribution < -0.4 is 29.6 Å². The molecule has 1 heterocycles. The van der Waals surface area contributed by atoms with Crippen molar-refractivity contribution in [3.05, 3.63) is 6.92 Å². The van der Waals surface area contributed by atoms with Crippen molar-refractivity contribution in [2.24, 2.45) is 4.99 Å². The summed E-state index contributed by atoms with van der Waals surface area (Å²) in [6, 6.07) is 0. The summed E-state index contributed by atoms with van der Waals surface area (Å²) >= 11 is 0. The molecule has 0 unspecified atom stereocenters. The van der Waals surface area contributed by atoms with E-state index >= 15 is 0 Å². The maximum absolute atomic E-state index is 10.1. The predicted molar refractivity (Wildman–Crippen MR) is 103 cm³/mol. The van der Waals surface area contributed by atoms with Gasteiger partial charge in [-0.1, -0.05) is 64.7 Å². The fraction of sp³-hybridized carbons (Fsp3) is 0.789. The number of rotatable bonds is 11. The van der Waals surface area contributed by atoms with Gasteiger partial charge in [0, 0.05) is 13.5 Å². The van der Waals surface area contributed by atoms with Crippen LogP contribution in [0.25, 0.3) is 0 Å². The van der Waals surface area contributed by atoms with E-state index in [0.717, 1.165) is 26.4 Å². The van der Waals surface area contributed by atoms with E-state index in [-0.39, 0.29) is 36.1 Å².